The van der Waals surface area contributed by atoms with Crippen molar-refractivity contribution < 1.29 is 9.90 Å². The molecule has 0 unspecified atom stereocenters. The second kappa shape index (κ2) is 4.08. The predicted molar refractivity (Wildman–Crippen MR) is 65.9 cm³/mol. The van der Waals surface area contributed by atoms with E-state index in [0.29, 0.717) is 11.3 Å². The molecule has 4 N–H and O–H groups in total. The number of hydrogen-bond donors (Lipinski definition) is 3. The molecule has 0 fully saturated rings. The Bertz CT molecular complexity index is 552. The van der Waals surface area contributed by atoms with Crippen LogP contribution >= 0.6 is 22.6 Å². The van der Waals surface area contributed by atoms with Gasteiger partial charge in [-0.3, -0.25) is 10.1 Å². The molecule has 2 heterocycles. The second-order valence-electron chi connectivity index (χ2n) is 3.03. The first-order valence-corrected chi connectivity index (χ1v) is 5.36. The second-order valence-corrected chi connectivity index (χ2v) is 4.27. The summed E-state index contributed by atoms with van der Waals surface area (Å²) in [7, 11) is 0. The molecule has 82 valence electrons. The summed E-state index contributed by atoms with van der Waals surface area (Å²) in [5, 5.41) is 15.0. The fraction of sp³-hybridized carbons (Fsp3) is 0. The molecule has 0 aromatic carbocycles. The molecule has 2 aromatic heterocycles. The molecular weight excluding hydrogens is 323 g/mol. The zero-order valence-electron chi connectivity index (χ0n) is 7.94. The molecule has 0 saturated carbocycles. The molecule has 0 radical (unpaired) electrons. The van der Waals surface area contributed by atoms with E-state index in [2.05, 4.69) is 37.8 Å². The van der Waals surface area contributed by atoms with Crippen LogP contribution in [0.2, 0.25) is 0 Å². The van der Waals surface area contributed by atoms with Crippen molar-refractivity contribution in [2.24, 2.45) is 0 Å². The number of aromatic carboxylic acids is 1. The number of rotatable bonds is 2. The summed E-state index contributed by atoms with van der Waals surface area (Å²) in [6.45, 7) is 0. The van der Waals surface area contributed by atoms with Gasteiger partial charge in [-0.25, -0.2) is 4.79 Å². The first-order valence-electron chi connectivity index (χ1n) is 4.28. The first-order chi connectivity index (χ1) is 7.59. The van der Waals surface area contributed by atoms with Crippen LogP contribution in [0.4, 0.5) is 5.82 Å². The van der Waals surface area contributed by atoms with Gasteiger partial charge < -0.3 is 10.8 Å². The number of pyridine rings is 1. The number of aromatic amines is 1. The highest BCUT2D eigenvalue weighted by Crippen LogP contribution is 2.26. The Kier molecular flexibility index (Phi) is 2.77. The minimum Gasteiger partial charge on any atom is -0.476 e. The van der Waals surface area contributed by atoms with E-state index < -0.39 is 5.97 Å². The lowest BCUT2D eigenvalue weighted by molar-refractivity contribution is 0.0691. The van der Waals surface area contributed by atoms with Gasteiger partial charge in [0.2, 0.25) is 0 Å². The molecule has 0 atom stereocenters. The number of nitrogens with two attached hydrogens (primary N) is 1. The van der Waals surface area contributed by atoms with Gasteiger partial charge >= 0.3 is 5.97 Å². The van der Waals surface area contributed by atoms with Crippen LogP contribution in [0.5, 0.6) is 0 Å². The lowest BCUT2D eigenvalue weighted by Crippen LogP contribution is -2.00. The zero-order chi connectivity index (χ0) is 11.7. The van der Waals surface area contributed by atoms with E-state index in [0.717, 1.165) is 3.57 Å². The number of nitrogen functional groups attached to an aromatic ring is 1. The van der Waals surface area contributed by atoms with Crippen molar-refractivity contribution in [3.63, 3.8) is 0 Å². The third kappa shape index (κ3) is 1.85. The number of carboxylic acid groups (broad SMARTS) is 1. The number of H-pyrrole nitrogens is 1. The fourth-order valence-corrected chi connectivity index (χ4v) is 1.77. The number of hydrogen-bond acceptors (Lipinski definition) is 4. The summed E-state index contributed by atoms with van der Waals surface area (Å²) in [6.07, 6.45) is 1.59. The van der Waals surface area contributed by atoms with Crippen LogP contribution in [0, 0.1) is 3.57 Å². The largest absolute Gasteiger partial charge is 0.476 e. The number of nitrogens with zero attached hydrogens (tertiary/aromatic N) is 2. The Morgan fingerprint density at radius 1 is 1.56 bits per heavy atom. The molecule has 0 amide bonds. The van der Waals surface area contributed by atoms with Crippen LogP contribution in [-0.4, -0.2) is 26.3 Å². The molecule has 2 aromatic rings. The van der Waals surface area contributed by atoms with Crippen LogP contribution in [0.1, 0.15) is 10.5 Å². The monoisotopic (exact) mass is 330 g/mol. The van der Waals surface area contributed by atoms with E-state index in [1.165, 1.54) is 0 Å². The van der Waals surface area contributed by atoms with E-state index in [1.807, 2.05) is 0 Å². The summed E-state index contributed by atoms with van der Waals surface area (Å²) in [6, 6.07) is 3.55. The lowest BCUT2D eigenvalue weighted by Gasteiger charge is -2.00. The van der Waals surface area contributed by atoms with E-state index in [1.54, 1.807) is 18.3 Å². The minimum absolute atomic E-state index is 0.119. The molecule has 0 spiro atoms. The number of halogens is 1. The summed E-state index contributed by atoms with van der Waals surface area (Å²) >= 11 is 2.11. The van der Waals surface area contributed by atoms with Crippen molar-refractivity contribution >= 4 is 34.4 Å². The Balaban J connectivity index is 2.63. The van der Waals surface area contributed by atoms with Crippen LogP contribution < -0.4 is 5.73 Å². The molecular formula is C9H7IN4O2. The molecule has 2 rings (SSSR count). The van der Waals surface area contributed by atoms with Crippen molar-refractivity contribution in [1.29, 1.82) is 0 Å². The molecule has 0 aliphatic heterocycles. The maximum Gasteiger partial charge on any atom is 0.357 e. The zero-order valence-corrected chi connectivity index (χ0v) is 10.1. The summed E-state index contributed by atoms with van der Waals surface area (Å²) in [5.74, 6) is -0.935. The van der Waals surface area contributed by atoms with Crippen molar-refractivity contribution in [2.75, 3.05) is 5.73 Å². The quantitative estimate of drug-likeness (QED) is 0.721. The minimum atomic E-state index is -1.14. The maximum absolute atomic E-state index is 10.9. The van der Waals surface area contributed by atoms with Gasteiger partial charge in [-0.1, -0.05) is 0 Å². The Morgan fingerprint density at radius 2 is 2.31 bits per heavy atom. The van der Waals surface area contributed by atoms with Crippen molar-refractivity contribution in [3.05, 3.63) is 27.6 Å². The molecule has 0 aliphatic carbocycles. The third-order valence-electron chi connectivity index (χ3n) is 1.97. The number of carboxylic acids is 1. The third-order valence-corrected chi connectivity index (χ3v) is 2.65. The van der Waals surface area contributed by atoms with Gasteiger partial charge in [-0.15, -0.1) is 0 Å². The molecule has 7 heteroatoms. The van der Waals surface area contributed by atoms with E-state index in [4.69, 9.17) is 10.8 Å². The van der Waals surface area contributed by atoms with Crippen LogP contribution in [0.15, 0.2) is 18.3 Å². The number of nitrogens with one attached hydrogen (secondary N) is 1. The van der Waals surface area contributed by atoms with Crippen molar-refractivity contribution in [1.82, 2.24) is 15.2 Å². The highest BCUT2D eigenvalue weighted by atomic mass is 127. The van der Waals surface area contributed by atoms with Crippen molar-refractivity contribution in [2.45, 2.75) is 0 Å². The average Bonchev–Trinajstić information content (AvgIpc) is 2.60. The van der Waals surface area contributed by atoms with Gasteiger partial charge in [0, 0.05) is 9.77 Å². The number of anilines is 1. The summed E-state index contributed by atoms with van der Waals surface area (Å²) in [4.78, 5) is 15.0. The Morgan fingerprint density at radius 3 is 2.94 bits per heavy atom. The average molecular weight is 330 g/mol. The summed E-state index contributed by atoms with van der Waals surface area (Å²) < 4.78 is 0.944. The lowest BCUT2D eigenvalue weighted by atomic mass is 10.1. The molecule has 0 aliphatic rings. The van der Waals surface area contributed by atoms with Crippen LogP contribution in [0.3, 0.4) is 0 Å². The number of carbonyl (C=O) groups is 1. The molecule has 0 bridgehead atoms. The van der Waals surface area contributed by atoms with Gasteiger partial charge in [0.15, 0.2) is 5.69 Å². The van der Waals surface area contributed by atoms with Crippen LogP contribution in [0.25, 0.3) is 11.3 Å². The Labute approximate surface area is 104 Å². The normalized spacial score (nSPS) is 10.3. The fourth-order valence-electron chi connectivity index (χ4n) is 1.31. The SMILES string of the molecule is Nc1[nH]nc(C(=O)O)c1-c1cc(I)ccn1. The highest BCUT2D eigenvalue weighted by Gasteiger charge is 2.19. The van der Waals surface area contributed by atoms with Gasteiger partial charge in [-0.2, -0.15) is 5.10 Å². The molecule has 6 nitrogen and oxygen atoms in total. The summed E-state index contributed by atoms with van der Waals surface area (Å²) in [5.41, 5.74) is 6.34. The van der Waals surface area contributed by atoms with Crippen LogP contribution in [-0.2, 0) is 0 Å². The Hall–Kier alpha value is -1.64. The molecule has 16 heavy (non-hydrogen) atoms. The first kappa shape index (κ1) is 10.9. The predicted octanol–water partition coefficient (Wildman–Crippen LogP) is 1.36. The standard InChI is InChI=1S/C9H7IN4O2/c10-4-1-2-12-5(3-4)6-7(9(15)16)13-14-8(6)11/h1-3H,(H,15,16)(H3,11,13,14). The van der Waals surface area contributed by atoms with E-state index in [9.17, 15) is 4.79 Å². The van der Waals surface area contributed by atoms with Crippen molar-refractivity contribution in [3.8, 4) is 11.3 Å². The highest BCUT2D eigenvalue weighted by molar-refractivity contribution is 14.1. The topological polar surface area (TPSA) is 105 Å². The number of aromatic nitrogens is 3. The van der Waals surface area contributed by atoms with Gasteiger partial charge in [-0.05, 0) is 34.7 Å². The van der Waals surface area contributed by atoms with E-state index >= 15 is 0 Å². The maximum atomic E-state index is 10.9. The van der Waals surface area contributed by atoms with Gasteiger partial charge in [0.05, 0.1) is 11.3 Å². The van der Waals surface area contributed by atoms with Gasteiger partial charge in [0.25, 0.3) is 0 Å². The molecule has 0 saturated heterocycles. The van der Waals surface area contributed by atoms with Gasteiger partial charge in [0.1, 0.15) is 5.82 Å². The van der Waals surface area contributed by atoms with E-state index in [-0.39, 0.29) is 11.5 Å². The smallest absolute Gasteiger partial charge is 0.357 e.